The van der Waals surface area contributed by atoms with Crippen molar-refractivity contribution < 1.29 is 13.6 Å². The number of nitrogens with one attached hydrogen (secondary N) is 1. The number of urea groups is 1. The molecule has 1 aliphatic heterocycles. The number of hydrogen-bond acceptors (Lipinski definition) is 2. The number of nitrogens with zero attached hydrogens (tertiary/aromatic N) is 2. The van der Waals surface area contributed by atoms with Crippen LogP contribution in [-0.2, 0) is 6.42 Å². The van der Waals surface area contributed by atoms with Gasteiger partial charge in [-0.05, 0) is 17.7 Å². The van der Waals surface area contributed by atoms with Crippen LogP contribution < -0.4 is 5.32 Å². The maximum atomic E-state index is 13.6. The average Bonchev–Trinajstić information content (AvgIpc) is 2.99. The molecule has 0 aliphatic carbocycles. The fraction of sp³-hybridized carbons (Fsp3) is 0.176. The molecule has 1 N–H and O–H groups in total. The van der Waals surface area contributed by atoms with Gasteiger partial charge in [-0.15, -0.1) is 0 Å². The van der Waals surface area contributed by atoms with Gasteiger partial charge < -0.3 is 5.32 Å². The molecule has 2 amide bonds. The fourth-order valence-electron chi connectivity index (χ4n) is 2.42. The number of carbonyl (C=O) groups is 1. The molecule has 2 aromatic rings. The maximum Gasteiger partial charge on any atom is 0.327 e. The molecule has 0 atom stereocenters. The molecular formula is C17H15F2N3O. The van der Waals surface area contributed by atoms with E-state index in [4.69, 9.17) is 0 Å². The topological polar surface area (TPSA) is 44.7 Å². The van der Waals surface area contributed by atoms with E-state index in [0.29, 0.717) is 25.3 Å². The van der Waals surface area contributed by atoms with Gasteiger partial charge in [0.05, 0.1) is 12.2 Å². The molecule has 0 aromatic heterocycles. The second-order valence-corrected chi connectivity index (χ2v) is 5.17. The Morgan fingerprint density at radius 1 is 1.17 bits per heavy atom. The van der Waals surface area contributed by atoms with Crippen molar-refractivity contribution in [1.29, 1.82) is 0 Å². The van der Waals surface area contributed by atoms with Gasteiger partial charge in [0.2, 0.25) is 0 Å². The van der Waals surface area contributed by atoms with E-state index in [1.54, 1.807) is 0 Å². The minimum atomic E-state index is -0.806. The van der Waals surface area contributed by atoms with Crippen LogP contribution in [0, 0.1) is 11.6 Å². The third kappa shape index (κ3) is 3.53. The number of anilines is 1. The lowest BCUT2D eigenvalue weighted by Crippen LogP contribution is -2.38. The largest absolute Gasteiger partial charge is 0.327 e. The van der Waals surface area contributed by atoms with Crippen molar-refractivity contribution >= 4 is 17.6 Å². The van der Waals surface area contributed by atoms with Gasteiger partial charge in [0, 0.05) is 19.0 Å². The van der Waals surface area contributed by atoms with Crippen molar-refractivity contribution in [3.8, 4) is 0 Å². The van der Waals surface area contributed by atoms with Crippen molar-refractivity contribution in [3.05, 3.63) is 65.7 Å². The van der Waals surface area contributed by atoms with Crippen LogP contribution in [0.2, 0.25) is 0 Å². The summed E-state index contributed by atoms with van der Waals surface area (Å²) in [4.78, 5) is 18.1. The zero-order valence-electron chi connectivity index (χ0n) is 12.3. The van der Waals surface area contributed by atoms with Crippen LogP contribution in [0.15, 0.2) is 53.5 Å². The number of halogens is 2. The molecule has 4 nitrogen and oxygen atoms in total. The molecule has 1 aliphatic rings. The summed E-state index contributed by atoms with van der Waals surface area (Å²) in [6.07, 6.45) is 0.528. The Balaban J connectivity index is 1.70. The predicted molar refractivity (Wildman–Crippen MR) is 84.5 cm³/mol. The number of carbonyl (C=O) groups excluding carboxylic acids is 1. The van der Waals surface area contributed by atoms with Gasteiger partial charge >= 0.3 is 6.03 Å². The second-order valence-electron chi connectivity index (χ2n) is 5.17. The lowest BCUT2D eigenvalue weighted by molar-refractivity contribution is 0.236. The van der Waals surface area contributed by atoms with Crippen molar-refractivity contribution in [2.24, 2.45) is 4.99 Å². The zero-order valence-corrected chi connectivity index (χ0v) is 12.3. The third-order valence-electron chi connectivity index (χ3n) is 3.55. The van der Waals surface area contributed by atoms with E-state index in [0.717, 1.165) is 17.7 Å². The first-order chi connectivity index (χ1) is 11.1. The van der Waals surface area contributed by atoms with Crippen molar-refractivity contribution in [3.63, 3.8) is 0 Å². The molecule has 2 aromatic carbocycles. The molecule has 6 heteroatoms. The minimum absolute atomic E-state index is 0.0534. The third-order valence-corrected chi connectivity index (χ3v) is 3.55. The molecule has 0 unspecified atom stereocenters. The highest BCUT2D eigenvalue weighted by molar-refractivity contribution is 6.04. The average molecular weight is 315 g/mol. The van der Waals surface area contributed by atoms with E-state index >= 15 is 0 Å². The van der Waals surface area contributed by atoms with E-state index < -0.39 is 17.7 Å². The summed E-state index contributed by atoms with van der Waals surface area (Å²) in [5, 5.41) is 2.46. The number of aliphatic imine (C=N–C) groups is 1. The van der Waals surface area contributed by atoms with Gasteiger partial charge in [-0.25, -0.2) is 13.6 Å². The first-order valence-electron chi connectivity index (χ1n) is 7.24. The van der Waals surface area contributed by atoms with E-state index in [2.05, 4.69) is 10.3 Å². The number of hydrogen-bond donors (Lipinski definition) is 1. The van der Waals surface area contributed by atoms with E-state index in [9.17, 15) is 13.6 Å². The van der Waals surface area contributed by atoms with Gasteiger partial charge in [0.1, 0.15) is 17.5 Å². The molecule has 23 heavy (non-hydrogen) atoms. The van der Waals surface area contributed by atoms with E-state index in [-0.39, 0.29) is 5.69 Å². The summed E-state index contributed by atoms with van der Waals surface area (Å²) in [6.45, 7) is 0.957. The Morgan fingerprint density at radius 3 is 2.70 bits per heavy atom. The zero-order chi connectivity index (χ0) is 16.2. The molecule has 1 heterocycles. The fourth-order valence-corrected chi connectivity index (χ4v) is 2.42. The molecular weight excluding hydrogens is 300 g/mol. The molecule has 0 saturated carbocycles. The smallest absolute Gasteiger partial charge is 0.305 e. The van der Waals surface area contributed by atoms with Gasteiger partial charge in [-0.3, -0.25) is 9.89 Å². The first-order valence-corrected chi connectivity index (χ1v) is 7.24. The van der Waals surface area contributed by atoms with Gasteiger partial charge in [0.25, 0.3) is 0 Å². The van der Waals surface area contributed by atoms with E-state index in [1.807, 2.05) is 30.3 Å². The molecule has 0 radical (unpaired) electrons. The molecule has 118 valence electrons. The Hall–Kier alpha value is -2.76. The summed E-state index contributed by atoms with van der Waals surface area (Å²) >= 11 is 0. The number of amidine groups is 1. The Bertz CT molecular complexity index is 747. The summed E-state index contributed by atoms with van der Waals surface area (Å²) < 4.78 is 26.5. The van der Waals surface area contributed by atoms with Crippen molar-refractivity contribution in [1.82, 2.24) is 4.90 Å². The lowest BCUT2D eigenvalue weighted by Gasteiger charge is -2.19. The second kappa shape index (κ2) is 6.56. The Labute approximate surface area is 132 Å². The summed E-state index contributed by atoms with van der Waals surface area (Å²) in [7, 11) is 0. The molecule has 3 rings (SSSR count). The predicted octanol–water partition coefficient (Wildman–Crippen LogP) is 3.45. The summed E-state index contributed by atoms with van der Waals surface area (Å²) in [5.41, 5.74) is 0.987. The van der Waals surface area contributed by atoms with Crippen LogP contribution in [0.1, 0.15) is 5.56 Å². The molecule has 0 spiro atoms. The van der Waals surface area contributed by atoms with Gasteiger partial charge in [-0.2, -0.15) is 0 Å². The molecule has 0 saturated heterocycles. The van der Waals surface area contributed by atoms with Crippen LogP contribution >= 0.6 is 0 Å². The van der Waals surface area contributed by atoms with Crippen molar-refractivity contribution in [2.45, 2.75) is 6.42 Å². The minimum Gasteiger partial charge on any atom is -0.305 e. The highest BCUT2D eigenvalue weighted by Gasteiger charge is 2.24. The SMILES string of the molecule is O=C(Nc1ccc(F)cc1F)N1CCN=C1Cc1ccccc1. The van der Waals surface area contributed by atoms with Crippen LogP contribution in [0.5, 0.6) is 0 Å². The summed E-state index contributed by atoms with van der Waals surface area (Å²) in [5.74, 6) is -0.858. The highest BCUT2D eigenvalue weighted by Crippen LogP contribution is 2.17. The standard InChI is InChI=1S/C17H15F2N3O/c18-13-6-7-15(14(19)11-13)21-17(23)22-9-8-20-16(22)10-12-4-2-1-3-5-12/h1-7,11H,8-10H2,(H,21,23). The van der Waals surface area contributed by atoms with Gasteiger partial charge in [0.15, 0.2) is 0 Å². The molecule has 0 bridgehead atoms. The van der Waals surface area contributed by atoms with Crippen LogP contribution in [0.3, 0.4) is 0 Å². The van der Waals surface area contributed by atoms with Crippen LogP contribution in [0.25, 0.3) is 0 Å². The number of rotatable bonds is 3. The van der Waals surface area contributed by atoms with Crippen LogP contribution in [-0.4, -0.2) is 29.9 Å². The normalized spacial score (nSPS) is 13.8. The Kier molecular flexibility index (Phi) is 4.32. The lowest BCUT2D eigenvalue weighted by atomic mass is 10.1. The number of amides is 2. The monoisotopic (exact) mass is 315 g/mol. The van der Waals surface area contributed by atoms with Gasteiger partial charge in [-0.1, -0.05) is 30.3 Å². The molecule has 0 fully saturated rings. The van der Waals surface area contributed by atoms with Crippen molar-refractivity contribution in [2.75, 3.05) is 18.4 Å². The maximum absolute atomic E-state index is 13.6. The Morgan fingerprint density at radius 2 is 1.96 bits per heavy atom. The summed E-state index contributed by atoms with van der Waals surface area (Å²) in [6, 6.07) is 12.2. The van der Waals surface area contributed by atoms with E-state index in [1.165, 1.54) is 11.0 Å². The number of benzene rings is 2. The quantitative estimate of drug-likeness (QED) is 0.926. The first kappa shape index (κ1) is 15.1. The highest BCUT2D eigenvalue weighted by atomic mass is 19.1. The van der Waals surface area contributed by atoms with Crippen LogP contribution in [0.4, 0.5) is 19.3 Å².